The molecule has 0 saturated heterocycles. The van der Waals surface area contributed by atoms with Crippen LogP contribution < -0.4 is 16.0 Å². The molecule has 1 aliphatic carbocycles. The Morgan fingerprint density at radius 1 is 1.21 bits per heavy atom. The van der Waals surface area contributed by atoms with Gasteiger partial charge in [0, 0.05) is 12.6 Å². The van der Waals surface area contributed by atoms with Gasteiger partial charge in [-0.25, -0.2) is 4.79 Å². The van der Waals surface area contributed by atoms with Gasteiger partial charge in [0.2, 0.25) is 0 Å². The molecule has 2 aromatic rings. The number of carbonyl (C=O) groups excluding carboxylic acids is 2. The number of hydrogen-bond acceptors (Lipinski definition) is 5. The first-order valence-corrected chi connectivity index (χ1v) is 10.0. The lowest BCUT2D eigenvalue weighted by Gasteiger charge is -2.24. The molecule has 1 aromatic carbocycles. The fourth-order valence-corrected chi connectivity index (χ4v) is 2.79. The van der Waals surface area contributed by atoms with Crippen LogP contribution >= 0.6 is 0 Å². The summed E-state index contributed by atoms with van der Waals surface area (Å²) in [6.07, 6.45) is 6.19. The molecule has 1 heterocycles. The van der Waals surface area contributed by atoms with Crippen molar-refractivity contribution in [3.63, 3.8) is 0 Å². The third kappa shape index (κ3) is 9.36. The van der Waals surface area contributed by atoms with Gasteiger partial charge >= 0.3 is 6.03 Å². The maximum absolute atomic E-state index is 11.6. The van der Waals surface area contributed by atoms with Gasteiger partial charge in [-0.1, -0.05) is 44.2 Å². The lowest BCUT2D eigenvalue weighted by atomic mass is 9.93. The average molecular weight is 404 g/mol. The normalized spacial score (nSPS) is 17.7. The highest BCUT2D eigenvalue weighted by molar-refractivity contribution is 5.94. The Labute approximate surface area is 172 Å². The number of anilines is 1. The highest BCUT2D eigenvalue weighted by atomic mass is 16.3. The molecule has 8 nitrogen and oxygen atoms in total. The Bertz CT molecular complexity index is 697. The number of rotatable bonds is 5. The van der Waals surface area contributed by atoms with Gasteiger partial charge in [0.15, 0.2) is 6.29 Å². The fourth-order valence-electron chi connectivity index (χ4n) is 2.79. The summed E-state index contributed by atoms with van der Waals surface area (Å²) in [7, 11) is 1.99. The number of aromatic amines is 1. The van der Waals surface area contributed by atoms with Gasteiger partial charge in [0.1, 0.15) is 5.69 Å². The Hall–Kier alpha value is -2.71. The van der Waals surface area contributed by atoms with Crippen LogP contribution in [0, 0.1) is 0 Å². The molecular formula is C21H33N5O3. The van der Waals surface area contributed by atoms with Gasteiger partial charge < -0.3 is 21.1 Å². The van der Waals surface area contributed by atoms with Crippen molar-refractivity contribution in [2.45, 2.75) is 58.2 Å². The van der Waals surface area contributed by atoms with Crippen molar-refractivity contribution < 1.29 is 14.7 Å². The number of carbonyl (C=O) groups is 2. The number of aromatic nitrogens is 2. The largest absolute Gasteiger partial charge is 0.393 e. The molecule has 2 amide bonds. The van der Waals surface area contributed by atoms with Gasteiger partial charge in [-0.15, -0.1) is 0 Å². The summed E-state index contributed by atoms with van der Waals surface area (Å²) < 4.78 is 0. The van der Waals surface area contributed by atoms with Crippen molar-refractivity contribution >= 4 is 18.0 Å². The zero-order valence-electron chi connectivity index (χ0n) is 17.4. The van der Waals surface area contributed by atoms with E-state index < -0.39 is 0 Å². The van der Waals surface area contributed by atoms with Gasteiger partial charge in [-0.2, -0.15) is 5.10 Å². The fraction of sp³-hybridized carbons (Fsp3) is 0.476. The first-order valence-electron chi connectivity index (χ1n) is 10.0. The van der Waals surface area contributed by atoms with Crippen molar-refractivity contribution in [1.82, 2.24) is 20.8 Å². The van der Waals surface area contributed by atoms with E-state index in [1.54, 1.807) is 0 Å². The Balaban J connectivity index is 0.000000321. The van der Waals surface area contributed by atoms with E-state index in [0.29, 0.717) is 24.6 Å². The third-order valence-corrected chi connectivity index (χ3v) is 4.44. The summed E-state index contributed by atoms with van der Waals surface area (Å²) in [4.78, 5) is 22.2. The van der Waals surface area contributed by atoms with Crippen LogP contribution in [0.4, 0.5) is 10.5 Å². The maximum Gasteiger partial charge on any atom is 0.319 e. The van der Waals surface area contributed by atoms with Crippen molar-refractivity contribution in [3.8, 4) is 0 Å². The van der Waals surface area contributed by atoms with Crippen LogP contribution in [0.2, 0.25) is 0 Å². The molecule has 1 saturated carbocycles. The maximum atomic E-state index is 11.6. The number of aliphatic hydroxyl groups excluding tert-OH is 1. The predicted molar refractivity (Wildman–Crippen MR) is 115 cm³/mol. The number of urea groups is 1. The summed E-state index contributed by atoms with van der Waals surface area (Å²) in [6.45, 7) is 4.42. The number of aldehydes is 1. The number of aliphatic hydroxyl groups is 1. The molecular weight excluding hydrogens is 370 g/mol. The van der Waals surface area contributed by atoms with Crippen LogP contribution in [-0.2, 0) is 6.54 Å². The van der Waals surface area contributed by atoms with E-state index in [-0.39, 0.29) is 17.8 Å². The van der Waals surface area contributed by atoms with E-state index in [0.717, 1.165) is 31.2 Å². The molecule has 0 radical (unpaired) electrons. The molecule has 160 valence electrons. The van der Waals surface area contributed by atoms with Crippen LogP contribution in [-0.4, -0.2) is 46.8 Å². The average Bonchev–Trinajstić information content (AvgIpc) is 3.22. The topological polar surface area (TPSA) is 119 Å². The second-order valence-corrected chi connectivity index (χ2v) is 6.40. The van der Waals surface area contributed by atoms with Gasteiger partial charge in [0.25, 0.3) is 0 Å². The minimum Gasteiger partial charge on any atom is -0.393 e. The highest BCUT2D eigenvalue weighted by Crippen LogP contribution is 2.17. The van der Waals surface area contributed by atoms with Crippen LogP contribution in [0.25, 0.3) is 0 Å². The minimum absolute atomic E-state index is 0.0189. The first kappa shape index (κ1) is 24.3. The Morgan fingerprint density at radius 3 is 2.45 bits per heavy atom. The van der Waals surface area contributed by atoms with E-state index >= 15 is 0 Å². The van der Waals surface area contributed by atoms with Crippen molar-refractivity contribution in [3.05, 3.63) is 47.8 Å². The van der Waals surface area contributed by atoms with Gasteiger partial charge in [-0.05, 0) is 38.3 Å². The number of benzene rings is 1. The van der Waals surface area contributed by atoms with Crippen LogP contribution in [0.15, 0.2) is 36.5 Å². The third-order valence-electron chi connectivity index (χ3n) is 4.44. The summed E-state index contributed by atoms with van der Waals surface area (Å²) in [5, 5.41) is 23.7. The Kier molecular flexibility index (Phi) is 12.0. The molecule has 0 unspecified atom stereocenters. The molecule has 29 heavy (non-hydrogen) atoms. The monoisotopic (exact) mass is 403 g/mol. The van der Waals surface area contributed by atoms with E-state index in [2.05, 4.69) is 26.1 Å². The van der Waals surface area contributed by atoms with Crippen LogP contribution in [0.5, 0.6) is 0 Å². The van der Waals surface area contributed by atoms with Crippen molar-refractivity contribution in [2.75, 3.05) is 12.4 Å². The summed E-state index contributed by atoms with van der Waals surface area (Å²) in [5.74, 6) is 0. The summed E-state index contributed by atoms with van der Waals surface area (Å²) in [6, 6.07) is 9.80. The number of hydrogen-bond donors (Lipinski definition) is 5. The number of nitrogens with zero attached hydrogens (tertiary/aromatic N) is 1. The molecule has 0 spiro atoms. The first-order chi connectivity index (χ1) is 14.1. The van der Waals surface area contributed by atoms with E-state index in [9.17, 15) is 9.59 Å². The van der Waals surface area contributed by atoms with E-state index in [4.69, 9.17) is 5.11 Å². The lowest BCUT2D eigenvalue weighted by Crippen LogP contribution is -2.31. The molecule has 3 rings (SSSR count). The van der Waals surface area contributed by atoms with Crippen molar-refractivity contribution in [2.24, 2.45) is 0 Å². The lowest BCUT2D eigenvalue weighted by molar-refractivity contribution is 0.111. The second-order valence-electron chi connectivity index (χ2n) is 6.40. The zero-order valence-corrected chi connectivity index (χ0v) is 17.4. The van der Waals surface area contributed by atoms with Gasteiger partial charge in [-0.3, -0.25) is 9.89 Å². The van der Waals surface area contributed by atoms with E-state index in [1.165, 1.54) is 6.20 Å². The molecule has 1 aliphatic rings. The highest BCUT2D eigenvalue weighted by Gasteiger charge is 2.16. The molecule has 8 heteroatoms. The van der Waals surface area contributed by atoms with Crippen molar-refractivity contribution in [1.29, 1.82) is 0 Å². The SMILES string of the molecule is CC.CNC1CCC(O)CC1.O=Cc1[nH]ncc1NC(=O)NCc1ccccc1. The van der Waals surface area contributed by atoms with Crippen LogP contribution in [0.3, 0.4) is 0 Å². The molecule has 1 aromatic heterocycles. The number of nitrogens with one attached hydrogen (secondary N) is 4. The number of amides is 2. The Morgan fingerprint density at radius 2 is 1.86 bits per heavy atom. The number of H-pyrrole nitrogens is 1. The van der Waals surface area contributed by atoms with Crippen LogP contribution in [0.1, 0.15) is 55.6 Å². The molecule has 0 atom stereocenters. The predicted octanol–water partition coefficient (Wildman–Crippen LogP) is 3.08. The minimum atomic E-state index is -0.386. The standard InChI is InChI=1S/C12H12N4O2.C7H15NO.C2H6/c17-8-11-10(7-14-16-11)15-12(18)13-6-9-4-2-1-3-5-9;1-8-6-2-4-7(9)5-3-6;1-2/h1-5,7-8H,6H2,(H,14,16)(H2,13,15,18);6-9H,2-5H2,1H3;1-2H3. The zero-order chi connectivity index (χ0) is 21.5. The summed E-state index contributed by atoms with van der Waals surface area (Å²) in [5.41, 5.74) is 1.59. The second kappa shape index (κ2) is 14.3. The molecule has 1 fully saturated rings. The molecule has 0 bridgehead atoms. The van der Waals surface area contributed by atoms with E-state index in [1.807, 2.05) is 51.2 Å². The quantitative estimate of drug-likeness (QED) is 0.492. The smallest absolute Gasteiger partial charge is 0.319 e. The summed E-state index contributed by atoms with van der Waals surface area (Å²) >= 11 is 0. The molecule has 5 N–H and O–H groups in total. The van der Waals surface area contributed by atoms with Gasteiger partial charge in [0.05, 0.1) is 18.0 Å². The molecule has 0 aliphatic heterocycles.